The van der Waals surface area contributed by atoms with Gasteiger partial charge in [-0.3, -0.25) is 0 Å². The summed E-state index contributed by atoms with van der Waals surface area (Å²) in [6.45, 7) is -0.0299. The van der Waals surface area contributed by atoms with Crippen molar-refractivity contribution in [1.29, 1.82) is 0 Å². The molecule has 0 saturated carbocycles. The van der Waals surface area contributed by atoms with Gasteiger partial charge < -0.3 is 15.2 Å². The maximum absolute atomic E-state index is 14.0. The zero-order chi connectivity index (χ0) is 21.3. The summed E-state index contributed by atoms with van der Waals surface area (Å²) >= 11 is 0. The fourth-order valence-electron chi connectivity index (χ4n) is 3.77. The second-order valence-corrected chi connectivity index (χ2v) is 6.88. The topological polar surface area (TPSA) is 75.6 Å². The summed E-state index contributed by atoms with van der Waals surface area (Å²) in [7, 11) is 0. The monoisotopic (exact) mass is 409 g/mol. The van der Waals surface area contributed by atoms with Gasteiger partial charge in [0.05, 0.1) is 0 Å². The van der Waals surface area contributed by atoms with Gasteiger partial charge >= 0.3 is 12.1 Å². The molecular weight excluding hydrogens is 392 g/mol. The molecule has 0 aliphatic heterocycles. The molecule has 0 bridgehead atoms. The van der Waals surface area contributed by atoms with E-state index in [0.717, 1.165) is 34.4 Å². The lowest BCUT2D eigenvalue weighted by molar-refractivity contribution is -0.139. The van der Waals surface area contributed by atoms with Crippen molar-refractivity contribution in [2.75, 3.05) is 6.61 Å². The molecule has 7 heteroatoms. The molecule has 1 aliphatic carbocycles. The van der Waals surface area contributed by atoms with Crippen molar-refractivity contribution in [2.24, 2.45) is 0 Å². The summed E-state index contributed by atoms with van der Waals surface area (Å²) in [5.74, 6) is -4.28. The van der Waals surface area contributed by atoms with Crippen LogP contribution in [0.1, 0.15) is 28.7 Å². The highest BCUT2D eigenvalue weighted by molar-refractivity contribution is 5.82. The number of hydrogen-bond donors (Lipinski definition) is 2. The van der Waals surface area contributed by atoms with Crippen LogP contribution in [-0.2, 0) is 9.53 Å². The van der Waals surface area contributed by atoms with E-state index < -0.39 is 35.3 Å². The Morgan fingerprint density at radius 1 is 0.933 bits per heavy atom. The Hall–Kier alpha value is -3.74. The van der Waals surface area contributed by atoms with E-state index in [0.29, 0.717) is 0 Å². The van der Waals surface area contributed by atoms with E-state index in [2.05, 4.69) is 5.32 Å². The SMILES string of the molecule is O=C(N[C@H](C(=O)O)c1cccc(F)c1F)OCC1c2ccccc2-c2ccccc21. The largest absolute Gasteiger partial charge is 0.479 e. The minimum Gasteiger partial charge on any atom is -0.479 e. The molecule has 0 heterocycles. The number of carboxylic acid groups (broad SMARTS) is 1. The number of amides is 1. The van der Waals surface area contributed by atoms with Crippen LogP contribution < -0.4 is 5.32 Å². The molecule has 2 N–H and O–H groups in total. The second kappa shape index (κ2) is 7.94. The van der Waals surface area contributed by atoms with Crippen LogP contribution in [-0.4, -0.2) is 23.8 Å². The number of carbonyl (C=O) groups excluding carboxylic acids is 1. The number of fused-ring (bicyclic) bond motifs is 3. The lowest BCUT2D eigenvalue weighted by atomic mass is 9.98. The molecular formula is C23H17F2NO4. The van der Waals surface area contributed by atoms with Crippen molar-refractivity contribution in [3.8, 4) is 11.1 Å². The molecule has 3 aromatic rings. The maximum atomic E-state index is 14.0. The quantitative estimate of drug-likeness (QED) is 0.644. The van der Waals surface area contributed by atoms with Gasteiger partial charge in [-0.25, -0.2) is 18.4 Å². The minimum atomic E-state index is -1.78. The van der Waals surface area contributed by atoms with Crippen molar-refractivity contribution >= 4 is 12.1 Å². The molecule has 152 valence electrons. The number of halogens is 2. The molecule has 30 heavy (non-hydrogen) atoms. The fourth-order valence-corrected chi connectivity index (χ4v) is 3.77. The number of alkyl carbamates (subject to hydrolysis) is 1. The van der Waals surface area contributed by atoms with Gasteiger partial charge in [0.1, 0.15) is 6.61 Å². The highest BCUT2D eigenvalue weighted by Gasteiger charge is 2.31. The first-order valence-corrected chi connectivity index (χ1v) is 9.25. The van der Waals surface area contributed by atoms with E-state index in [1.165, 1.54) is 6.07 Å². The standard InChI is InChI=1S/C23H17F2NO4/c24-19-11-5-10-17(20(19)25)21(22(27)28)26-23(29)30-12-18-15-8-3-1-6-13(15)14-7-2-4-9-16(14)18/h1-11,18,21H,12H2,(H,26,29)(H,27,28)/t21-/m0/s1. The highest BCUT2D eigenvalue weighted by atomic mass is 19.2. The van der Waals surface area contributed by atoms with Crippen LogP contribution in [0.3, 0.4) is 0 Å². The smallest absolute Gasteiger partial charge is 0.408 e. The average molecular weight is 409 g/mol. The van der Waals surface area contributed by atoms with Crippen LogP contribution in [0.2, 0.25) is 0 Å². The molecule has 1 aliphatic rings. The number of aliphatic carboxylic acids is 1. The fraction of sp³-hybridized carbons (Fsp3) is 0.130. The molecule has 0 spiro atoms. The van der Waals surface area contributed by atoms with Gasteiger partial charge in [0.15, 0.2) is 17.7 Å². The van der Waals surface area contributed by atoms with Gasteiger partial charge in [-0.2, -0.15) is 0 Å². The molecule has 1 amide bonds. The Balaban J connectivity index is 1.51. The summed E-state index contributed by atoms with van der Waals surface area (Å²) < 4.78 is 32.7. The normalized spacial score (nSPS) is 13.3. The van der Waals surface area contributed by atoms with Gasteiger partial charge in [-0.1, -0.05) is 60.7 Å². The van der Waals surface area contributed by atoms with E-state index in [1.54, 1.807) is 0 Å². The lowest BCUT2D eigenvalue weighted by Crippen LogP contribution is -2.35. The Bertz CT molecular complexity index is 1090. The number of rotatable bonds is 5. The highest BCUT2D eigenvalue weighted by Crippen LogP contribution is 2.44. The molecule has 0 radical (unpaired) electrons. The molecule has 0 aromatic heterocycles. The van der Waals surface area contributed by atoms with Crippen molar-refractivity contribution < 1.29 is 28.2 Å². The van der Waals surface area contributed by atoms with Crippen LogP contribution in [0.4, 0.5) is 13.6 Å². The summed E-state index contributed by atoms with van der Waals surface area (Å²) in [5.41, 5.74) is 3.60. The van der Waals surface area contributed by atoms with E-state index in [4.69, 9.17) is 4.74 Å². The van der Waals surface area contributed by atoms with Gasteiger partial charge in [0, 0.05) is 11.5 Å². The lowest BCUT2D eigenvalue weighted by Gasteiger charge is -2.18. The minimum absolute atomic E-state index is 0.0299. The Morgan fingerprint density at radius 2 is 1.53 bits per heavy atom. The van der Waals surface area contributed by atoms with Crippen molar-refractivity contribution in [3.05, 3.63) is 95.1 Å². The number of benzene rings is 3. The van der Waals surface area contributed by atoms with Gasteiger partial charge in [0.25, 0.3) is 0 Å². The Labute approximate surface area is 170 Å². The average Bonchev–Trinajstić information content (AvgIpc) is 3.06. The first kappa shape index (κ1) is 19.6. The molecule has 5 nitrogen and oxygen atoms in total. The zero-order valence-corrected chi connectivity index (χ0v) is 15.6. The number of hydrogen-bond acceptors (Lipinski definition) is 3. The summed E-state index contributed by atoms with van der Waals surface area (Å²) in [4.78, 5) is 23.8. The third-order valence-electron chi connectivity index (χ3n) is 5.15. The second-order valence-electron chi connectivity index (χ2n) is 6.88. The zero-order valence-electron chi connectivity index (χ0n) is 15.6. The molecule has 4 rings (SSSR count). The first-order valence-electron chi connectivity index (χ1n) is 9.25. The van der Waals surface area contributed by atoms with Crippen molar-refractivity contribution in [3.63, 3.8) is 0 Å². The number of carbonyl (C=O) groups is 2. The summed E-state index contributed by atoms with van der Waals surface area (Å²) in [6, 6.07) is 16.9. The Morgan fingerprint density at radius 3 is 2.13 bits per heavy atom. The number of ether oxygens (including phenoxy) is 1. The van der Waals surface area contributed by atoms with Crippen LogP contribution in [0, 0.1) is 11.6 Å². The Kier molecular flexibility index (Phi) is 5.18. The number of carboxylic acids is 1. The molecule has 0 saturated heterocycles. The maximum Gasteiger partial charge on any atom is 0.408 e. The summed E-state index contributed by atoms with van der Waals surface area (Å²) in [6.07, 6.45) is -1.03. The van der Waals surface area contributed by atoms with Gasteiger partial charge in [0.2, 0.25) is 0 Å². The third kappa shape index (κ3) is 3.50. The van der Waals surface area contributed by atoms with Crippen LogP contribution in [0.15, 0.2) is 66.7 Å². The van der Waals surface area contributed by atoms with E-state index >= 15 is 0 Å². The molecule has 3 aromatic carbocycles. The predicted octanol–water partition coefficient (Wildman–Crippen LogP) is 4.63. The predicted molar refractivity (Wildman–Crippen MR) is 105 cm³/mol. The van der Waals surface area contributed by atoms with E-state index in [9.17, 15) is 23.5 Å². The van der Waals surface area contributed by atoms with Crippen molar-refractivity contribution in [2.45, 2.75) is 12.0 Å². The van der Waals surface area contributed by atoms with E-state index in [-0.39, 0.29) is 12.5 Å². The van der Waals surface area contributed by atoms with Crippen LogP contribution >= 0.6 is 0 Å². The molecule has 0 unspecified atom stereocenters. The van der Waals surface area contributed by atoms with Crippen molar-refractivity contribution in [1.82, 2.24) is 5.32 Å². The van der Waals surface area contributed by atoms with Gasteiger partial charge in [-0.15, -0.1) is 0 Å². The first-order chi connectivity index (χ1) is 14.5. The van der Waals surface area contributed by atoms with Gasteiger partial charge in [-0.05, 0) is 28.3 Å². The van der Waals surface area contributed by atoms with E-state index in [1.807, 2.05) is 48.5 Å². The molecule has 1 atom stereocenters. The van der Waals surface area contributed by atoms with Crippen LogP contribution in [0.25, 0.3) is 11.1 Å². The molecule has 0 fully saturated rings. The third-order valence-corrected chi connectivity index (χ3v) is 5.15. The summed E-state index contributed by atoms with van der Waals surface area (Å²) in [5, 5.41) is 11.5. The number of nitrogens with one attached hydrogen (secondary N) is 1. The van der Waals surface area contributed by atoms with Crippen LogP contribution in [0.5, 0.6) is 0 Å².